The van der Waals surface area contributed by atoms with Crippen LogP contribution < -0.4 is 0 Å². The Balaban J connectivity index is 2.11. The molecule has 0 aliphatic carbocycles. The van der Waals surface area contributed by atoms with Crippen LogP contribution in [0.1, 0.15) is 21.7 Å². The van der Waals surface area contributed by atoms with Crippen LogP contribution in [0.25, 0.3) is 11.0 Å². The Hall–Kier alpha value is -2.69. The van der Waals surface area contributed by atoms with Crippen LogP contribution in [-0.4, -0.2) is 25.6 Å². The minimum absolute atomic E-state index is 0.272. The van der Waals surface area contributed by atoms with Gasteiger partial charge in [0.25, 0.3) is 0 Å². The van der Waals surface area contributed by atoms with Gasteiger partial charge in [0, 0.05) is 18.9 Å². The molecule has 0 saturated carbocycles. The van der Waals surface area contributed by atoms with Crippen LogP contribution in [-0.2, 0) is 6.54 Å². The van der Waals surface area contributed by atoms with E-state index in [4.69, 9.17) is 5.11 Å². The van der Waals surface area contributed by atoms with E-state index >= 15 is 0 Å². The van der Waals surface area contributed by atoms with Gasteiger partial charge in [-0.3, -0.25) is 4.98 Å². The van der Waals surface area contributed by atoms with Crippen LogP contribution in [0.2, 0.25) is 0 Å². The maximum atomic E-state index is 11.1. The quantitative estimate of drug-likeness (QED) is 0.791. The second-order valence-corrected chi connectivity index (χ2v) is 4.61. The van der Waals surface area contributed by atoms with Gasteiger partial charge in [-0.15, -0.1) is 0 Å². The standard InChI is InChI=1S/C15H13N3O2/c1-10-17-13-3-2-12(15(19)20)8-14(13)18(10)9-11-4-6-16-7-5-11/h2-8H,9H2,1H3,(H,19,20). The molecule has 0 radical (unpaired) electrons. The number of aromatic carboxylic acids is 1. The summed E-state index contributed by atoms with van der Waals surface area (Å²) in [5.41, 5.74) is 3.01. The summed E-state index contributed by atoms with van der Waals surface area (Å²) in [5.74, 6) is -0.0689. The molecule has 5 heteroatoms. The molecule has 20 heavy (non-hydrogen) atoms. The van der Waals surface area contributed by atoms with Crippen LogP contribution >= 0.6 is 0 Å². The Morgan fingerprint density at radius 3 is 2.70 bits per heavy atom. The third kappa shape index (κ3) is 2.14. The van der Waals surface area contributed by atoms with Crippen LogP contribution in [0.3, 0.4) is 0 Å². The second kappa shape index (κ2) is 4.77. The summed E-state index contributed by atoms with van der Waals surface area (Å²) in [6.07, 6.45) is 3.49. The Bertz CT molecular complexity index is 778. The summed E-state index contributed by atoms with van der Waals surface area (Å²) < 4.78 is 2.01. The molecule has 0 fully saturated rings. The number of carbonyl (C=O) groups is 1. The largest absolute Gasteiger partial charge is 0.478 e. The van der Waals surface area contributed by atoms with Gasteiger partial charge in [0.15, 0.2) is 0 Å². The molecular weight excluding hydrogens is 254 g/mol. The average molecular weight is 267 g/mol. The van der Waals surface area contributed by atoms with E-state index in [1.165, 1.54) is 0 Å². The minimum atomic E-state index is -0.929. The van der Waals surface area contributed by atoms with E-state index in [0.29, 0.717) is 6.54 Å². The molecule has 1 aromatic carbocycles. The highest BCUT2D eigenvalue weighted by Crippen LogP contribution is 2.19. The van der Waals surface area contributed by atoms with Crippen LogP contribution in [0, 0.1) is 6.92 Å². The highest BCUT2D eigenvalue weighted by Gasteiger charge is 2.11. The van der Waals surface area contributed by atoms with Crippen molar-refractivity contribution >= 4 is 17.0 Å². The lowest BCUT2D eigenvalue weighted by molar-refractivity contribution is 0.0697. The number of aromatic nitrogens is 3. The first-order chi connectivity index (χ1) is 9.65. The van der Waals surface area contributed by atoms with Crippen molar-refractivity contribution < 1.29 is 9.90 Å². The number of fused-ring (bicyclic) bond motifs is 1. The highest BCUT2D eigenvalue weighted by molar-refractivity contribution is 5.92. The molecule has 0 bridgehead atoms. The lowest BCUT2D eigenvalue weighted by Gasteiger charge is -2.07. The number of carboxylic acids is 1. The van der Waals surface area contributed by atoms with Gasteiger partial charge in [0.05, 0.1) is 16.6 Å². The number of hydrogen-bond donors (Lipinski definition) is 1. The van der Waals surface area contributed by atoms with Crippen LogP contribution in [0.4, 0.5) is 0 Å². The number of rotatable bonds is 3. The molecule has 2 aromatic heterocycles. The maximum absolute atomic E-state index is 11.1. The molecule has 5 nitrogen and oxygen atoms in total. The highest BCUT2D eigenvalue weighted by atomic mass is 16.4. The van der Waals surface area contributed by atoms with Gasteiger partial charge >= 0.3 is 5.97 Å². The SMILES string of the molecule is Cc1nc2ccc(C(=O)O)cc2n1Cc1ccncc1. The third-order valence-electron chi connectivity index (χ3n) is 3.28. The van der Waals surface area contributed by atoms with E-state index in [0.717, 1.165) is 22.4 Å². The zero-order chi connectivity index (χ0) is 14.1. The fraction of sp³-hybridized carbons (Fsp3) is 0.133. The van der Waals surface area contributed by atoms with E-state index in [-0.39, 0.29) is 5.56 Å². The Morgan fingerprint density at radius 1 is 1.25 bits per heavy atom. The molecule has 0 atom stereocenters. The number of carboxylic acid groups (broad SMARTS) is 1. The molecule has 0 saturated heterocycles. The normalized spacial score (nSPS) is 10.8. The fourth-order valence-corrected chi connectivity index (χ4v) is 2.25. The lowest BCUT2D eigenvalue weighted by Crippen LogP contribution is -2.03. The number of benzene rings is 1. The van der Waals surface area contributed by atoms with Gasteiger partial charge < -0.3 is 9.67 Å². The zero-order valence-electron chi connectivity index (χ0n) is 10.9. The molecular formula is C15H13N3O2. The third-order valence-corrected chi connectivity index (χ3v) is 3.28. The van der Waals surface area contributed by atoms with Crippen molar-refractivity contribution in [3.8, 4) is 0 Å². The smallest absolute Gasteiger partial charge is 0.335 e. The van der Waals surface area contributed by atoms with Crippen LogP contribution in [0.15, 0.2) is 42.7 Å². The topological polar surface area (TPSA) is 68.0 Å². The number of aryl methyl sites for hydroxylation is 1. The Kier molecular flexibility index (Phi) is 2.95. The predicted octanol–water partition coefficient (Wildman–Crippen LogP) is 2.49. The van der Waals surface area contributed by atoms with Gasteiger partial charge in [0.1, 0.15) is 5.82 Å². The van der Waals surface area contributed by atoms with Crippen molar-refractivity contribution in [2.45, 2.75) is 13.5 Å². The van der Waals surface area contributed by atoms with Gasteiger partial charge in [-0.2, -0.15) is 0 Å². The average Bonchev–Trinajstić information content (AvgIpc) is 2.75. The van der Waals surface area contributed by atoms with E-state index < -0.39 is 5.97 Å². The van der Waals surface area contributed by atoms with Crippen molar-refractivity contribution in [1.29, 1.82) is 0 Å². The summed E-state index contributed by atoms with van der Waals surface area (Å²) in [6, 6.07) is 8.86. The van der Waals surface area contributed by atoms with Crippen molar-refractivity contribution in [3.05, 3.63) is 59.7 Å². The molecule has 0 aliphatic rings. The number of pyridine rings is 1. The maximum Gasteiger partial charge on any atom is 0.335 e. The van der Waals surface area contributed by atoms with E-state index in [1.807, 2.05) is 23.6 Å². The minimum Gasteiger partial charge on any atom is -0.478 e. The number of nitrogens with zero attached hydrogens (tertiary/aromatic N) is 3. The zero-order valence-corrected chi connectivity index (χ0v) is 10.9. The van der Waals surface area contributed by atoms with Gasteiger partial charge in [-0.1, -0.05) is 0 Å². The second-order valence-electron chi connectivity index (χ2n) is 4.61. The molecule has 0 amide bonds. The molecule has 0 spiro atoms. The van der Waals surface area contributed by atoms with Gasteiger partial charge in [0.2, 0.25) is 0 Å². The van der Waals surface area contributed by atoms with Crippen molar-refractivity contribution in [2.75, 3.05) is 0 Å². The molecule has 100 valence electrons. The summed E-state index contributed by atoms with van der Waals surface area (Å²) >= 11 is 0. The van der Waals surface area contributed by atoms with Crippen molar-refractivity contribution in [1.82, 2.24) is 14.5 Å². The van der Waals surface area contributed by atoms with E-state index in [1.54, 1.807) is 30.6 Å². The Labute approximate surface area is 115 Å². The van der Waals surface area contributed by atoms with Gasteiger partial charge in [-0.05, 0) is 42.8 Å². The van der Waals surface area contributed by atoms with Crippen molar-refractivity contribution in [2.24, 2.45) is 0 Å². The first-order valence-corrected chi connectivity index (χ1v) is 6.24. The summed E-state index contributed by atoms with van der Waals surface area (Å²) in [6.45, 7) is 2.57. The lowest BCUT2D eigenvalue weighted by atomic mass is 10.2. The molecule has 0 aliphatic heterocycles. The molecule has 3 aromatic rings. The van der Waals surface area contributed by atoms with Crippen LogP contribution in [0.5, 0.6) is 0 Å². The summed E-state index contributed by atoms with van der Waals surface area (Å²) in [7, 11) is 0. The van der Waals surface area contributed by atoms with E-state index in [2.05, 4.69) is 9.97 Å². The number of imidazole rings is 1. The molecule has 1 N–H and O–H groups in total. The van der Waals surface area contributed by atoms with Gasteiger partial charge in [-0.25, -0.2) is 9.78 Å². The van der Waals surface area contributed by atoms with E-state index in [9.17, 15) is 4.79 Å². The summed E-state index contributed by atoms with van der Waals surface area (Å²) in [5, 5.41) is 9.09. The fourth-order valence-electron chi connectivity index (χ4n) is 2.25. The van der Waals surface area contributed by atoms with Crippen molar-refractivity contribution in [3.63, 3.8) is 0 Å². The first kappa shape index (κ1) is 12.3. The number of hydrogen-bond acceptors (Lipinski definition) is 3. The monoisotopic (exact) mass is 267 g/mol. The summed E-state index contributed by atoms with van der Waals surface area (Å²) in [4.78, 5) is 19.5. The molecule has 0 unspecified atom stereocenters. The predicted molar refractivity (Wildman–Crippen MR) is 74.8 cm³/mol. The molecule has 3 rings (SSSR count). The first-order valence-electron chi connectivity index (χ1n) is 6.24. The molecule has 2 heterocycles. The Morgan fingerprint density at radius 2 is 2.00 bits per heavy atom.